The van der Waals surface area contributed by atoms with Gasteiger partial charge in [-0.3, -0.25) is 4.79 Å². The highest BCUT2D eigenvalue weighted by Crippen LogP contribution is 2.37. The van der Waals surface area contributed by atoms with E-state index < -0.39 is 17.7 Å². The van der Waals surface area contributed by atoms with Gasteiger partial charge in [0.2, 0.25) is 0 Å². The van der Waals surface area contributed by atoms with Crippen molar-refractivity contribution in [3.8, 4) is 6.07 Å². The molecule has 0 aliphatic carbocycles. The highest BCUT2D eigenvalue weighted by Gasteiger charge is 2.51. The third kappa shape index (κ3) is 3.31. The minimum absolute atomic E-state index is 0.152. The molecule has 126 valence electrons. The average molecular weight is 330 g/mol. The SMILES string of the molecule is N#CCC(=O)C1CN(OC(=O)c2ccccc2)CCC12OCCO2. The Labute approximate surface area is 139 Å². The number of rotatable bonds is 4. The van der Waals surface area contributed by atoms with Gasteiger partial charge in [-0.2, -0.15) is 5.26 Å². The molecule has 7 heteroatoms. The van der Waals surface area contributed by atoms with E-state index in [0.29, 0.717) is 31.7 Å². The Morgan fingerprint density at radius 2 is 2.00 bits per heavy atom. The van der Waals surface area contributed by atoms with Crippen LogP contribution in [0.3, 0.4) is 0 Å². The monoisotopic (exact) mass is 330 g/mol. The van der Waals surface area contributed by atoms with E-state index >= 15 is 0 Å². The summed E-state index contributed by atoms with van der Waals surface area (Å²) < 4.78 is 11.4. The molecule has 24 heavy (non-hydrogen) atoms. The van der Waals surface area contributed by atoms with Gasteiger partial charge in [0.05, 0.1) is 37.2 Å². The number of ketones is 1. The van der Waals surface area contributed by atoms with E-state index in [4.69, 9.17) is 19.6 Å². The number of carbonyl (C=O) groups excluding carboxylic acids is 2. The molecular formula is C17H18N2O5. The molecule has 7 nitrogen and oxygen atoms in total. The van der Waals surface area contributed by atoms with E-state index in [1.54, 1.807) is 24.3 Å². The van der Waals surface area contributed by atoms with Crippen molar-refractivity contribution in [2.75, 3.05) is 26.3 Å². The van der Waals surface area contributed by atoms with Crippen LogP contribution in [0.2, 0.25) is 0 Å². The van der Waals surface area contributed by atoms with Gasteiger partial charge in [0.25, 0.3) is 0 Å². The summed E-state index contributed by atoms with van der Waals surface area (Å²) in [5.41, 5.74) is 0.436. The van der Waals surface area contributed by atoms with Crippen molar-refractivity contribution in [1.82, 2.24) is 5.06 Å². The molecule has 2 aliphatic heterocycles. The van der Waals surface area contributed by atoms with Crippen LogP contribution in [-0.2, 0) is 19.1 Å². The van der Waals surface area contributed by atoms with Gasteiger partial charge in [-0.05, 0) is 12.1 Å². The molecule has 0 amide bonds. The fraction of sp³-hybridized carbons (Fsp3) is 0.471. The lowest BCUT2D eigenvalue weighted by Crippen LogP contribution is -2.55. The minimum Gasteiger partial charge on any atom is -0.364 e. The quantitative estimate of drug-likeness (QED) is 0.822. The van der Waals surface area contributed by atoms with Crippen molar-refractivity contribution in [3.05, 3.63) is 35.9 Å². The van der Waals surface area contributed by atoms with Gasteiger partial charge in [-0.25, -0.2) is 4.79 Å². The summed E-state index contributed by atoms with van der Waals surface area (Å²) in [6.45, 7) is 1.38. The Kier molecular flexibility index (Phi) is 4.90. The summed E-state index contributed by atoms with van der Waals surface area (Å²) in [7, 11) is 0. The molecule has 1 aromatic rings. The smallest absolute Gasteiger partial charge is 0.357 e. The number of hydroxylamine groups is 2. The van der Waals surface area contributed by atoms with Crippen LogP contribution in [0.4, 0.5) is 0 Å². The molecule has 1 spiro atoms. The summed E-state index contributed by atoms with van der Waals surface area (Å²) in [6, 6.07) is 10.5. The maximum atomic E-state index is 12.3. The van der Waals surface area contributed by atoms with Crippen molar-refractivity contribution in [2.45, 2.75) is 18.6 Å². The number of Topliss-reactive ketones (excluding diaryl/α,β-unsaturated/α-hetero) is 1. The Morgan fingerprint density at radius 3 is 2.67 bits per heavy atom. The van der Waals surface area contributed by atoms with Crippen molar-refractivity contribution in [1.29, 1.82) is 5.26 Å². The first kappa shape index (κ1) is 16.6. The molecule has 1 aromatic carbocycles. The molecule has 2 saturated heterocycles. The zero-order chi connectivity index (χ0) is 17.0. The van der Waals surface area contributed by atoms with E-state index in [-0.39, 0.29) is 18.7 Å². The number of carbonyl (C=O) groups is 2. The summed E-state index contributed by atoms with van der Waals surface area (Å²) in [5, 5.41) is 10.3. The zero-order valence-corrected chi connectivity index (χ0v) is 13.1. The van der Waals surface area contributed by atoms with Crippen LogP contribution in [0.15, 0.2) is 30.3 Å². The number of piperidine rings is 1. The molecule has 1 atom stereocenters. The lowest BCUT2D eigenvalue weighted by molar-refractivity contribution is -0.251. The highest BCUT2D eigenvalue weighted by atomic mass is 16.7. The van der Waals surface area contributed by atoms with Gasteiger partial charge < -0.3 is 14.3 Å². The van der Waals surface area contributed by atoms with Crippen LogP contribution in [0.25, 0.3) is 0 Å². The molecular weight excluding hydrogens is 312 g/mol. The Bertz CT molecular complexity index is 649. The van der Waals surface area contributed by atoms with Crippen LogP contribution < -0.4 is 0 Å². The molecule has 0 radical (unpaired) electrons. The minimum atomic E-state index is -0.996. The van der Waals surface area contributed by atoms with Crippen molar-refractivity contribution < 1.29 is 23.9 Å². The van der Waals surface area contributed by atoms with Crippen molar-refractivity contribution >= 4 is 11.8 Å². The van der Waals surface area contributed by atoms with E-state index in [0.717, 1.165) is 0 Å². The maximum absolute atomic E-state index is 12.3. The molecule has 0 N–H and O–H groups in total. The average Bonchev–Trinajstić information content (AvgIpc) is 3.07. The van der Waals surface area contributed by atoms with Crippen LogP contribution in [0, 0.1) is 17.2 Å². The Balaban J connectivity index is 1.70. The maximum Gasteiger partial charge on any atom is 0.357 e. The summed E-state index contributed by atoms with van der Waals surface area (Å²) in [6.07, 6.45) is 0.177. The second kappa shape index (κ2) is 7.09. The van der Waals surface area contributed by atoms with Crippen molar-refractivity contribution in [3.63, 3.8) is 0 Å². The van der Waals surface area contributed by atoms with E-state index in [1.165, 1.54) is 5.06 Å². The summed E-state index contributed by atoms with van der Waals surface area (Å²) in [5.74, 6) is -2.40. The standard InChI is InChI=1S/C17H18N2O5/c18-8-6-15(20)14-12-19(9-7-17(14)22-10-11-23-17)24-16(21)13-4-2-1-3-5-13/h1-5,14H,6-7,9-12H2. The third-order valence-electron chi connectivity index (χ3n) is 4.27. The van der Waals surface area contributed by atoms with E-state index in [1.807, 2.05) is 12.1 Å². The van der Waals surface area contributed by atoms with Crippen LogP contribution in [0.5, 0.6) is 0 Å². The fourth-order valence-corrected chi connectivity index (χ4v) is 3.08. The van der Waals surface area contributed by atoms with E-state index in [9.17, 15) is 9.59 Å². The zero-order valence-electron chi connectivity index (χ0n) is 13.1. The number of ether oxygens (including phenoxy) is 2. The second-order valence-electron chi connectivity index (χ2n) is 5.75. The molecule has 0 aromatic heterocycles. The normalized spacial score (nSPS) is 22.9. The number of benzene rings is 1. The summed E-state index contributed by atoms with van der Waals surface area (Å²) >= 11 is 0. The summed E-state index contributed by atoms with van der Waals surface area (Å²) in [4.78, 5) is 29.9. The highest BCUT2D eigenvalue weighted by molar-refractivity contribution is 5.89. The molecule has 2 aliphatic rings. The van der Waals surface area contributed by atoms with Crippen LogP contribution >= 0.6 is 0 Å². The third-order valence-corrected chi connectivity index (χ3v) is 4.27. The molecule has 2 fully saturated rings. The number of nitrogens with zero attached hydrogens (tertiary/aromatic N) is 2. The Morgan fingerprint density at radius 1 is 1.29 bits per heavy atom. The lowest BCUT2D eigenvalue weighted by atomic mass is 9.87. The lowest BCUT2D eigenvalue weighted by Gasteiger charge is -2.41. The topological polar surface area (TPSA) is 88.9 Å². The first-order chi connectivity index (χ1) is 11.6. The number of hydrogen-bond acceptors (Lipinski definition) is 7. The molecule has 1 unspecified atom stereocenters. The largest absolute Gasteiger partial charge is 0.364 e. The van der Waals surface area contributed by atoms with Gasteiger partial charge in [-0.1, -0.05) is 18.2 Å². The predicted octanol–water partition coefficient (Wildman–Crippen LogP) is 1.31. The number of hydrogen-bond donors (Lipinski definition) is 0. The van der Waals surface area contributed by atoms with E-state index in [2.05, 4.69) is 0 Å². The molecule has 0 saturated carbocycles. The molecule has 3 rings (SSSR count). The predicted molar refractivity (Wildman–Crippen MR) is 81.4 cm³/mol. The fourth-order valence-electron chi connectivity index (χ4n) is 3.08. The van der Waals surface area contributed by atoms with Gasteiger partial charge in [0, 0.05) is 19.5 Å². The van der Waals surface area contributed by atoms with Gasteiger partial charge in [0.15, 0.2) is 11.6 Å². The first-order valence-corrected chi connectivity index (χ1v) is 7.84. The van der Waals surface area contributed by atoms with Crippen LogP contribution in [-0.4, -0.2) is 48.9 Å². The van der Waals surface area contributed by atoms with Crippen LogP contribution in [0.1, 0.15) is 23.2 Å². The first-order valence-electron chi connectivity index (χ1n) is 7.84. The Hall–Kier alpha value is -2.27. The van der Waals surface area contributed by atoms with Gasteiger partial charge >= 0.3 is 5.97 Å². The molecule has 2 heterocycles. The van der Waals surface area contributed by atoms with Crippen molar-refractivity contribution in [2.24, 2.45) is 5.92 Å². The van der Waals surface area contributed by atoms with Gasteiger partial charge in [-0.15, -0.1) is 5.06 Å². The van der Waals surface area contributed by atoms with Gasteiger partial charge in [0.1, 0.15) is 0 Å². The molecule has 0 bridgehead atoms. The number of nitriles is 1. The second-order valence-corrected chi connectivity index (χ2v) is 5.75.